The molecule has 0 N–H and O–H groups in total. The molecule has 1 aliphatic heterocycles. The zero-order valence-corrected chi connectivity index (χ0v) is 14.3. The number of carbonyl (C=O) groups is 1. The monoisotopic (exact) mass is 385 g/mol. The second-order valence-electron chi connectivity index (χ2n) is 4.61. The van der Waals surface area contributed by atoms with E-state index < -0.39 is 5.97 Å². The van der Waals surface area contributed by atoms with Crippen LogP contribution in [0.3, 0.4) is 0 Å². The van der Waals surface area contributed by atoms with Crippen LogP contribution in [0.4, 0.5) is 0 Å². The molecule has 0 fully saturated rings. The zero-order valence-electron chi connectivity index (χ0n) is 11.3. The summed E-state index contributed by atoms with van der Waals surface area (Å²) in [5.41, 5.74) is 1.24. The van der Waals surface area contributed by atoms with Gasteiger partial charge in [0.2, 0.25) is 5.90 Å². The summed E-state index contributed by atoms with van der Waals surface area (Å²) in [5.74, 6) is -0.430. The molecular formula is C16H7Cl4NO2. The van der Waals surface area contributed by atoms with Crippen molar-refractivity contribution in [3.8, 4) is 0 Å². The van der Waals surface area contributed by atoms with Crippen molar-refractivity contribution >= 4 is 64.3 Å². The van der Waals surface area contributed by atoms with Gasteiger partial charge in [-0.05, 0) is 35.9 Å². The smallest absolute Gasteiger partial charge is 0.363 e. The fraction of sp³-hybridized carbons (Fsp3) is 0. The molecular weight excluding hydrogens is 380 g/mol. The molecule has 0 bridgehead atoms. The Morgan fingerprint density at radius 1 is 0.957 bits per heavy atom. The minimum Gasteiger partial charge on any atom is -0.402 e. The van der Waals surface area contributed by atoms with E-state index in [1.165, 1.54) is 6.08 Å². The van der Waals surface area contributed by atoms with Crippen LogP contribution >= 0.6 is 46.4 Å². The van der Waals surface area contributed by atoms with Crippen LogP contribution in [0, 0.1) is 0 Å². The number of rotatable bonds is 2. The molecule has 3 nitrogen and oxygen atoms in total. The second-order valence-corrected chi connectivity index (χ2v) is 6.21. The summed E-state index contributed by atoms with van der Waals surface area (Å²) in [6.45, 7) is 0. The summed E-state index contributed by atoms with van der Waals surface area (Å²) in [7, 11) is 0. The molecule has 23 heavy (non-hydrogen) atoms. The highest BCUT2D eigenvalue weighted by Gasteiger charge is 2.25. The van der Waals surface area contributed by atoms with Crippen molar-refractivity contribution in [1.82, 2.24) is 0 Å². The van der Waals surface area contributed by atoms with Crippen molar-refractivity contribution < 1.29 is 9.53 Å². The Morgan fingerprint density at radius 3 is 2.48 bits per heavy atom. The second kappa shape index (κ2) is 6.54. The maximum Gasteiger partial charge on any atom is 0.363 e. The van der Waals surface area contributed by atoms with E-state index >= 15 is 0 Å². The Labute approximate surface area is 152 Å². The molecule has 0 spiro atoms. The molecule has 0 unspecified atom stereocenters. The minimum absolute atomic E-state index is 0.121. The quantitative estimate of drug-likeness (QED) is 0.494. The van der Waals surface area contributed by atoms with E-state index in [1.807, 2.05) is 0 Å². The van der Waals surface area contributed by atoms with Gasteiger partial charge < -0.3 is 4.74 Å². The number of aliphatic imine (C=N–C) groups is 1. The van der Waals surface area contributed by atoms with Gasteiger partial charge in [0, 0.05) is 5.56 Å². The van der Waals surface area contributed by atoms with Gasteiger partial charge in [-0.3, -0.25) is 0 Å². The SMILES string of the molecule is O=C1OC(c2ccc(Cl)c(Cl)c2)=NC1=Cc1cccc(Cl)c1Cl. The lowest BCUT2D eigenvalue weighted by molar-refractivity contribution is -0.129. The predicted molar refractivity (Wildman–Crippen MR) is 93.5 cm³/mol. The van der Waals surface area contributed by atoms with E-state index in [4.69, 9.17) is 51.1 Å². The average Bonchev–Trinajstić information content (AvgIpc) is 2.88. The van der Waals surface area contributed by atoms with Crippen LogP contribution in [0.2, 0.25) is 20.1 Å². The van der Waals surface area contributed by atoms with E-state index in [9.17, 15) is 4.79 Å². The van der Waals surface area contributed by atoms with Gasteiger partial charge >= 0.3 is 5.97 Å². The van der Waals surface area contributed by atoms with Gasteiger partial charge in [-0.2, -0.15) is 0 Å². The van der Waals surface area contributed by atoms with Crippen LogP contribution in [0.15, 0.2) is 47.1 Å². The largest absolute Gasteiger partial charge is 0.402 e. The fourth-order valence-corrected chi connectivity index (χ4v) is 2.60. The summed E-state index contributed by atoms with van der Waals surface area (Å²) >= 11 is 23.9. The highest BCUT2D eigenvalue weighted by atomic mass is 35.5. The summed E-state index contributed by atoms with van der Waals surface area (Å²) in [6, 6.07) is 9.95. The number of hydrogen-bond acceptors (Lipinski definition) is 3. The minimum atomic E-state index is -0.581. The molecule has 1 heterocycles. The number of benzene rings is 2. The maximum atomic E-state index is 12.0. The maximum absolute atomic E-state index is 12.0. The summed E-state index contributed by atoms with van der Waals surface area (Å²) in [5, 5.41) is 1.48. The van der Waals surface area contributed by atoms with Crippen molar-refractivity contribution in [1.29, 1.82) is 0 Å². The molecule has 0 aliphatic carbocycles. The molecule has 0 amide bonds. The van der Waals surface area contributed by atoms with E-state index in [0.29, 0.717) is 31.2 Å². The third kappa shape index (κ3) is 3.38. The lowest BCUT2D eigenvalue weighted by atomic mass is 10.2. The zero-order chi connectivity index (χ0) is 16.6. The predicted octanol–water partition coefficient (Wildman–Crippen LogP) is 5.64. The molecule has 2 aromatic rings. The molecule has 0 atom stereocenters. The average molecular weight is 387 g/mol. The molecule has 0 radical (unpaired) electrons. The van der Waals surface area contributed by atoms with Gasteiger partial charge in [-0.1, -0.05) is 58.5 Å². The van der Waals surface area contributed by atoms with Crippen LogP contribution in [-0.2, 0) is 9.53 Å². The first-order valence-corrected chi connectivity index (χ1v) is 7.89. The summed E-state index contributed by atoms with van der Waals surface area (Å²) in [6.07, 6.45) is 1.51. The van der Waals surface area contributed by atoms with Gasteiger partial charge in [-0.15, -0.1) is 0 Å². The number of ether oxygens (including phenoxy) is 1. The highest BCUT2D eigenvalue weighted by molar-refractivity contribution is 6.43. The standard InChI is InChI=1S/C16H7Cl4NO2/c17-10-5-4-9(6-12(10)19)15-21-13(16(22)23-15)7-8-2-1-3-11(18)14(8)20/h1-7H. The van der Waals surface area contributed by atoms with Gasteiger partial charge in [0.1, 0.15) is 0 Å². The number of esters is 1. The van der Waals surface area contributed by atoms with Gasteiger partial charge in [0.25, 0.3) is 0 Å². The van der Waals surface area contributed by atoms with Gasteiger partial charge in [-0.25, -0.2) is 9.79 Å². The topological polar surface area (TPSA) is 38.7 Å². The van der Waals surface area contributed by atoms with Gasteiger partial charge in [0.15, 0.2) is 5.70 Å². The first-order chi connectivity index (χ1) is 11.0. The van der Waals surface area contributed by atoms with Crippen LogP contribution in [-0.4, -0.2) is 11.9 Å². The molecule has 116 valence electrons. The Bertz CT molecular complexity index is 874. The Balaban J connectivity index is 1.99. The first kappa shape index (κ1) is 16.3. The normalized spacial score (nSPS) is 15.7. The van der Waals surface area contributed by atoms with Crippen molar-refractivity contribution in [2.24, 2.45) is 4.99 Å². The van der Waals surface area contributed by atoms with E-state index in [2.05, 4.69) is 4.99 Å². The number of nitrogens with zero attached hydrogens (tertiary/aromatic N) is 1. The van der Waals surface area contributed by atoms with E-state index in [-0.39, 0.29) is 11.6 Å². The molecule has 2 aromatic carbocycles. The number of halogens is 4. The van der Waals surface area contributed by atoms with Gasteiger partial charge in [0.05, 0.1) is 20.1 Å². The molecule has 1 aliphatic rings. The fourth-order valence-electron chi connectivity index (χ4n) is 1.94. The molecule has 7 heteroatoms. The number of cyclic esters (lactones) is 1. The third-order valence-electron chi connectivity index (χ3n) is 3.06. The van der Waals surface area contributed by atoms with Crippen LogP contribution in [0.25, 0.3) is 6.08 Å². The molecule has 0 saturated heterocycles. The Hall–Kier alpha value is -1.52. The lowest BCUT2D eigenvalue weighted by Crippen LogP contribution is -2.05. The summed E-state index contributed by atoms with van der Waals surface area (Å²) < 4.78 is 5.16. The highest BCUT2D eigenvalue weighted by Crippen LogP contribution is 2.29. The van der Waals surface area contributed by atoms with Crippen molar-refractivity contribution in [3.63, 3.8) is 0 Å². The van der Waals surface area contributed by atoms with Crippen LogP contribution < -0.4 is 0 Å². The van der Waals surface area contributed by atoms with Crippen molar-refractivity contribution in [3.05, 3.63) is 73.3 Å². The van der Waals surface area contributed by atoms with Crippen molar-refractivity contribution in [2.45, 2.75) is 0 Å². The van der Waals surface area contributed by atoms with Crippen molar-refractivity contribution in [2.75, 3.05) is 0 Å². The van der Waals surface area contributed by atoms with Crippen LogP contribution in [0.5, 0.6) is 0 Å². The first-order valence-electron chi connectivity index (χ1n) is 6.37. The van der Waals surface area contributed by atoms with E-state index in [0.717, 1.165) is 0 Å². The van der Waals surface area contributed by atoms with E-state index in [1.54, 1.807) is 36.4 Å². The molecule has 0 saturated carbocycles. The third-order valence-corrected chi connectivity index (χ3v) is 4.63. The molecule has 3 rings (SSSR count). The van der Waals surface area contributed by atoms with Crippen LogP contribution in [0.1, 0.15) is 11.1 Å². The lowest BCUT2D eigenvalue weighted by Gasteiger charge is -2.01. The Morgan fingerprint density at radius 2 is 1.74 bits per heavy atom. The number of hydrogen-bond donors (Lipinski definition) is 0. The summed E-state index contributed by atoms with van der Waals surface area (Å²) in [4.78, 5) is 16.1. The molecule has 0 aromatic heterocycles. The Kier molecular flexibility index (Phi) is 4.64. The number of carbonyl (C=O) groups excluding carboxylic acids is 1.